The van der Waals surface area contributed by atoms with E-state index in [9.17, 15) is 9.90 Å². The minimum atomic E-state index is -0.981. The van der Waals surface area contributed by atoms with Crippen molar-refractivity contribution in [2.24, 2.45) is 0 Å². The van der Waals surface area contributed by atoms with Crippen molar-refractivity contribution in [3.8, 4) is 0 Å². The normalized spacial score (nSPS) is 12.3. The van der Waals surface area contributed by atoms with E-state index in [2.05, 4.69) is 6.58 Å². The van der Waals surface area contributed by atoms with Gasteiger partial charge in [-0.05, 0) is 33.1 Å². The summed E-state index contributed by atoms with van der Waals surface area (Å²) in [6.45, 7) is 8.42. The SMILES string of the molecule is C=CC(=O)O.CCC(O)CCC(C)(C)O. The number of carboxylic acids is 1. The number of rotatable bonds is 5. The number of aliphatic hydroxyl groups excluding tert-OH is 1. The first kappa shape index (κ1) is 16.6. The van der Waals surface area contributed by atoms with Crippen LogP contribution in [0.15, 0.2) is 12.7 Å². The Hall–Kier alpha value is -0.870. The monoisotopic (exact) mass is 218 g/mol. The van der Waals surface area contributed by atoms with Crippen LogP contribution < -0.4 is 0 Å². The molecule has 0 bridgehead atoms. The lowest BCUT2D eigenvalue weighted by Crippen LogP contribution is -2.21. The first-order chi connectivity index (χ1) is 6.72. The molecule has 3 N–H and O–H groups in total. The quantitative estimate of drug-likeness (QED) is 0.612. The molecular weight excluding hydrogens is 196 g/mol. The second kappa shape index (κ2) is 8.44. The summed E-state index contributed by atoms with van der Waals surface area (Å²) < 4.78 is 0. The van der Waals surface area contributed by atoms with Crippen LogP contribution in [0.5, 0.6) is 0 Å². The largest absolute Gasteiger partial charge is 0.478 e. The van der Waals surface area contributed by atoms with Crippen LogP contribution in [0.1, 0.15) is 40.0 Å². The van der Waals surface area contributed by atoms with E-state index in [-0.39, 0.29) is 6.10 Å². The molecule has 0 aliphatic carbocycles. The summed E-state index contributed by atoms with van der Waals surface area (Å²) in [4.78, 5) is 9.25. The van der Waals surface area contributed by atoms with Gasteiger partial charge in [-0.3, -0.25) is 0 Å². The van der Waals surface area contributed by atoms with E-state index in [0.29, 0.717) is 12.8 Å². The van der Waals surface area contributed by atoms with Gasteiger partial charge >= 0.3 is 5.97 Å². The molecule has 0 spiro atoms. The molecule has 0 aromatic carbocycles. The van der Waals surface area contributed by atoms with Crippen LogP contribution in [0, 0.1) is 0 Å². The number of hydrogen-bond donors (Lipinski definition) is 3. The fourth-order valence-corrected chi connectivity index (χ4v) is 0.724. The van der Waals surface area contributed by atoms with E-state index in [1.54, 1.807) is 13.8 Å². The molecule has 0 rings (SSSR count). The molecule has 0 saturated carbocycles. The Labute approximate surface area is 91.2 Å². The van der Waals surface area contributed by atoms with Crippen molar-refractivity contribution in [1.82, 2.24) is 0 Å². The fourth-order valence-electron chi connectivity index (χ4n) is 0.724. The second-order valence-electron chi connectivity index (χ2n) is 3.96. The van der Waals surface area contributed by atoms with Crippen LogP contribution in [0.25, 0.3) is 0 Å². The van der Waals surface area contributed by atoms with Crippen molar-refractivity contribution in [2.45, 2.75) is 51.7 Å². The van der Waals surface area contributed by atoms with E-state index >= 15 is 0 Å². The van der Waals surface area contributed by atoms with E-state index in [1.807, 2.05) is 6.92 Å². The smallest absolute Gasteiger partial charge is 0.327 e. The molecule has 90 valence electrons. The molecule has 4 nitrogen and oxygen atoms in total. The van der Waals surface area contributed by atoms with Gasteiger partial charge in [-0.1, -0.05) is 13.5 Å². The highest BCUT2D eigenvalue weighted by atomic mass is 16.4. The van der Waals surface area contributed by atoms with Crippen LogP contribution in [-0.4, -0.2) is 33.0 Å². The molecule has 0 saturated heterocycles. The zero-order valence-electron chi connectivity index (χ0n) is 9.73. The minimum absolute atomic E-state index is 0.244. The third-order valence-corrected chi connectivity index (χ3v) is 1.74. The fraction of sp³-hybridized carbons (Fsp3) is 0.727. The maximum atomic E-state index is 9.25. The Morgan fingerprint density at radius 3 is 2.13 bits per heavy atom. The Kier molecular flexibility index (Phi) is 9.31. The van der Waals surface area contributed by atoms with Crippen molar-refractivity contribution in [2.75, 3.05) is 0 Å². The topological polar surface area (TPSA) is 77.8 Å². The van der Waals surface area contributed by atoms with Crippen LogP contribution in [0.3, 0.4) is 0 Å². The second-order valence-corrected chi connectivity index (χ2v) is 3.96. The molecule has 0 fully saturated rings. The van der Waals surface area contributed by atoms with Crippen LogP contribution in [-0.2, 0) is 4.79 Å². The molecular formula is C11H22O4. The van der Waals surface area contributed by atoms with Gasteiger partial charge in [0.15, 0.2) is 0 Å². The Balaban J connectivity index is 0. The molecule has 0 aliphatic rings. The number of carboxylic acid groups (broad SMARTS) is 1. The summed E-state index contributed by atoms with van der Waals surface area (Å²) in [6.07, 6.45) is 2.73. The van der Waals surface area contributed by atoms with Crippen molar-refractivity contribution in [3.05, 3.63) is 12.7 Å². The lowest BCUT2D eigenvalue weighted by Gasteiger charge is -2.18. The molecule has 0 aromatic rings. The van der Waals surface area contributed by atoms with Gasteiger partial charge in [0.05, 0.1) is 11.7 Å². The number of hydrogen-bond acceptors (Lipinski definition) is 3. The summed E-state index contributed by atoms with van der Waals surface area (Å²) in [5, 5.41) is 26.0. The van der Waals surface area contributed by atoms with Gasteiger partial charge in [0.25, 0.3) is 0 Å². The average molecular weight is 218 g/mol. The van der Waals surface area contributed by atoms with E-state index < -0.39 is 11.6 Å². The van der Waals surface area contributed by atoms with Gasteiger partial charge in [0.2, 0.25) is 0 Å². The zero-order chi connectivity index (χ0) is 12.5. The Morgan fingerprint density at radius 1 is 1.53 bits per heavy atom. The maximum Gasteiger partial charge on any atom is 0.327 e. The van der Waals surface area contributed by atoms with Crippen LogP contribution in [0.2, 0.25) is 0 Å². The summed E-state index contributed by atoms with van der Waals surface area (Å²) in [7, 11) is 0. The lowest BCUT2D eigenvalue weighted by molar-refractivity contribution is -0.131. The molecule has 15 heavy (non-hydrogen) atoms. The zero-order valence-corrected chi connectivity index (χ0v) is 9.73. The summed E-state index contributed by atoms with van der Waals surface area (Å²) in [6, 6.07) is 0. The number of aliphatic hydroxyl groups is 2. The van der Waals surface area contributed by atoms with Crippen LogP contribution in [0.4, 0.5) is 0 Å². The van der Waals surface area contributed by atoms with Gasteiger partial charge in [0, 0.05) is 6.08 Å². The van der Waals surface area contributed by atoms with Crippen molar-refractivity contribution in [1.29, 1.82) is 0 Å². The van der Waals surface area contributed by atoms with E-state index in [1.165, 1.54) is 0 Å². The van der Waals surface area contributed by atoms with E-state index in [4.69, 9.17) is 10.2 Å². The third-order valence-electron chi connectivity index (χ3n) is 1.74. The summed E-state index contributed by atoms with van der Waals surface area (Å²) in [5.74, 6) is -0.981. The van der Waals surface area contributed by atoms with Crippen LogP contribution >= 0.6 is 0 Å². The minimum Gasteiger partial charge on any atom is -0.478 e. The van der Waals surface area contributed by atoms with E-state index in [0.717, 1.165) is 12.5 Å². The Morgan fingerprint density at radius 2 is 1.93 bits per heavy atom. The molecule has 0 radical (unpaired) electrons. The highest BCUT2D eigenvalue weighted by Gasteiger charge is 2.13. The molecule has 0 heterocycles. The molecule has 4 heteroatoms. The van der Waals surface area contributed by atoms with Gasteiger partial charge in [-0.25, -0.2) is 4.79 Å². The highest BCUT2D eigenvalue weighted by Crippen LogP contribution is 2.12. The maximum absolute atomic E-state index is 9.25. The molecule has 0 aromatic heterocycles. The highest BCUT2D eigenvalue weighted by molar-refractivity contribution is 5.78. The van der Waals surface area contributed by atoms with Gasteiger partial charge < -0.3 is 15.3 Å². The van der Waals surface area contributed by atoms with Crippen molar-refractivity contribution in [3.63, 3.8) is 0 Å². The predicted molar refractivity (Wildman–Crippen MR) is 59.7 cm³/mol. The first-order valence-corrected chi connectivity index (χ1v) is 4.98. The standard InChI is InChI=1S/C8H18O2.C3H4O2/c1-4-7(9)5-6-8(2,3)10;1-2-3(4)5/h7,9-10H,4-6H2,1-3H3;2H,1H2,(H,4,5). The van der Waals surface area contributed by atoms with Gasteiger partial charge in [-0.2, -0.15) is 0 Å². The summed E-state index contributed by atoms with van der Waals surface area (Å²) in [5.41, 5.74) is -0.629. The van der Waals surface area contributed by atoms with Crippen molar-refractivity contribution >= 4 is 5.97 Å². The lowest BCUT2D eigenvalue weighted by atomic mass is 10.00. The molecule has 1 atom stereocenters. The molecule has 0 amide bonds. The first-order valence-electron chi connectivity index (χ1n) is 4.98. The number of aliphatic carboxylic acids is 1. The summed E-state index contributed by atoms with van der Waals surface area (Å²) >= 11 is 0. The Bertz CT molecular complexity index is 182. The average Bonchev–Trinajstić information content (AvgIpc) is 2.14. The number of carbonyl (C=O) groups is 1. The van der Waals surface area contributed by atoms with Crippen molar-refractivity contribution < 1.29 is 20.1 Å². The molecule has 0 aliphatic heterocycles. The van der Waals surface area contributed by atoms with Gasteiger partial charge in [-0.15, -0.1) is 0 Å². The third kappa shape index (κ3) is 19.5. The molecule has 1 unspecified atom stereocenters. The predicted octanol–water partition coefficient (Wildman–Crippen LogP) is 1.57. The van der Waals surface area contributed by atoms with Gasteiger partial charge in [0.1, 0.15) is 0 Å².